The molecular formula is C27H57N4O4WY-3. The summed E-state index contributed by atoms with van der Waals surface area (Å²) in [7, 11) is 3.33. The van der Waals surface area contributed by atoms with Crippen LogP contribution >= 0.6 is 0 Å². The van der Waals surface area contributed by atoms with Crippen LogP contribution in [0.2, 0.25) is 0 Å². The van der Waals surface area contributed by atoms with E-state index < -0.39 is 22.6 Å². The van der Waals surface area contributed by atoms with Gasteiger partial charge in [0.15, 0.2) is 0 Å². The second-order valence-electron chi connectivity index (χ2n) is 10.8. The molecule has 4 amide bonds. The van der Waals surface area contributed by atoms with Crippen molar-refractivity contribution >= 4 is 23.6 Å². The Labute approximate surface area is 268 Å². The molecule has 0 rings (SSSR count). The van der Waals surface area contributed by atoms with Crippen LogP contribution in [0.15, 0.2) is 0 Å². The predicted octanol–water partition coefficient (Wildman–Crippen LogP) is 6.79. The summed E-state index contributed by atoms with van der Waals surface area (Å²) in [6, 6.07) is 0. The van der Waals surface area contributed by atoms with Crippen LogP contribution in [0.1, 0.15) is 109 Å². The summed E-state index contributed by atoms with van der Waals surface area (Å²) in [4.78, 5) is 42.6. The molecule has 0 saturated carbocycles. The van der Waals surface area contributed by atoms with Gasteiger partial charge in [0.25, 0.3) is 0 Å². The first-order valence-corrected chi connectivity index (χ1v) is 12.1. The van der Waals surface area contributed by atoms with E-state index in [-0.39, 0.29) is 83.8 Å². The van der Waals surface area contributed by atoms with Gasteiger partial charge in [0.1, 0.15) is 0 Å². The van der Waals surface area contributed by atoms with E-state index in [0.29, 0.717) is 0 Å². The Hall–Kier alpha value is -0.328. The molecule has 221 valence electrons. The molecule has 0 saturated heterocycles. The summed E-state index contributed by atoms with van der Waals surface area (Å²) in [5.41, 5.74) is 12.2. The van der Waals surface area contributed by atoms with Gasteiger partial charge in [0, 0.05) is 89.5 Å². The molecule has 0 aliphatic carbocycles. The third-order valence-corrected chi connectivity index (χ3v) is 6.45. The topological polar surface area (TPSA) is 140 Å². The van der Waals surface area contributed by atoms with Crippen molar-refractivity contribution in [3.8, 4) is 0 Å². The largest absolute Gasteiger partial charge is 0.667 e. The van der Waals surface area contributed by atoms with E-state index in [2.05, 4.69) is 10.6 Å². The molecular weight excluding hydrogens is 717 g/mol. The van der Waals surface area contributed by atoms with Gasteiger partial charge >= 0.3 is 0 Å². The fourth-order valence-corrected chi connectivity index (χ4v) is 1.32. The van der Waals surface area contributed by atoms with Crippen molar-refractivity contribution < 1.29 is 73.0 Å². The molecule has 0 aromatic carbocycles. The summed E-state index contributed by atoms with van der Waals surface area (Å²) >= 11 is 0. The number of carbonyl (C=O) groups is 4. The molecule has 0 fully saturated rings. The molecule has 8 nitrogen and oxygen atoms in total. The van der Waals surface area contributed by atoms with Crippen molar-refractivity contribution in [2.75, 3.05) is 14.1 Å². The third kappa shape index (κ3) is 25.7. The molecule has 0 spiro atoms. The maximum atomic E-state index is 11.0. The van der Waals surface area contributed by atoms with Crippen molar-refractivity contribution in [3.05, 3.63) is 18.9 Å². The summed E-state index contributed by atoms with van der Waals surface area (Å²) in [6.07, 6.45) is 3.25. The van der Waals surface area contributed by atoms with Crippen LogP contribution in [0.4, 0.5) is 0 Å². The number of nitrogens with one attached hydrogen (secondary N) is 4. The minimum atomic E-state index is -0.472. The zero-order valence-electron chi connectivity index (χ0n) is 26.4. The fourth-order valence-electron chi connectivity index (χ4n) is 1.32. The van der Waals surface area contributed by atoms with Crippen LogP contribution in [-0.2, 0) is 73.0 Å². The van der Waals surface area contributed by atoms with Gasteiger partial charge in [-0.2, -0.15) is 0 Å². The van der Waals surface area contributed by atoms with Crippen LogP contribution in [0.25, 0.3) is 11.5 Å². The minimum Gasteiger partial charge on any atom is -0.667 e. The van der Waals surface area contributed by atoms with Crippen molar-refractivity contribution in [1.82, 2.24) is 10.6 Å². The maximum absolute atomic E-state index is 11.0. The standard InChI is InChI=1S/2C7H15NO.2C6H13NO.CH3.W.Y/c2*1-5-7(2,3)6(9)8-4;2*1-4-6(2,3)5(7)8;;;/h2*5H2,1-4H3,(H,8,9);2*4H2,1-3H3,(H2,7,8);1H3;;/q;;;;-1;;/p-2. The minimum absolute atomic E-state index is 0. The van der Waals surface area contributed by atoms with Gasteiger partial charge < -0.3 is 39.1 Å². The molecule has 10 heteroatoms. The Morgan fingerprint density at radius 3 is 0.730 bits per heavy atom. The molecule has 0 atom stereocenters. The van der Waals surface area contributed by atoms with Gasteiger partial charge in [-0.1, -0.05) is 83.1 Å². The number of hydrogen-bond donors (Lipinski definition) is 2. The SMILES string of the molecule is CCC(C)(C)C(=O)NC.CCC(C)(C)C(=O)NC.CCC(C)(C)C([NH-])=O.CCC(C)(C)C([NH-])=O.[CH3-].[W].[Y]. The Bertz CT molecular complexity index is 584. The zero-order chi connectivity index (χ0) is 28.6. The van der Waals surface area contributed by atoms with Crippen LogP contribution in [0, 0.1) is 29.1 Å². The first-order chi connectivity index (χ1) is 15.1. The van der Waals surface area contributed by atoms with Crippen LogP contribution in [0.5, 0.6) is 0 Å². The Morgan fingerprint density at radius 2 is 0.703 bits per heavy atom. The van der Waals surface area contributed by atoms with E-state index in [1.165, 1.54) is 0 Å². The molecule has 0 heterocycles. The van der Waals surface area contributed by atoms with E-state index in [9.17, 15) is 19.2 Å². The Balaban J connectivity index is -0.0000000633. The molecule has 1 radical (unpaired) electrons. The first kappa shape index (κ1) is 53.0. The van der Waals surface area contributed by atoms with E-state index >= 15 is 0 Å². The van der Waals surface area contributed by atoms with E-state index in [4.69, 9.17) is 11.5 Å². The number of hydrogen-bond acceptors (Lipinski definition) is 4. The van der Waals surface area contributed by atoms with Crippen molar-refractivity contribution in [2.45, 2.75) is 109 Å². The van der Waals surface area contributed by atoms with E-state index in [1.54, 1.807) is 41.8 Å². The number of amides is 4. The van der Waals surface area contributed by atoms with Crippen molar-refractivity contribution in [1.29, 1.82) is 0 Å². The average Bonchev–Trinajstić information content (AvgIpc) is 2.78. The normalized spacial score (nSPS) is 10.3. The van der Waals surface area contributed by atoms with Crippen LogP contribution in [0.3, 0.4) is 0 Å². The van der Waals surface area contributed by atoms with Crippen LogP contribution in [-0.4, -0.2) is 37.7 Å². The molecule has 4 N–H and O–H groups in total. The fraction of sp³-hybridized carbons (Fsp3) is 0.815. The van der Waals surface area contributed by atoms with Crippen LogP contribution < -0.4 is 10.6 Å². The molecule has 37 heavy (non-hydrogen) atoms. The van der Waals surface area contributed by atoms with E-state index in [1.807, 2.05) is 55.4 Å². The summed E-state index contributed by atoms with van der Waals surface area (Å²) in [5.74, 6) is -0.713. The van der Waals surface area contributed by atoms with Crippen molar-refractivity contribution in [2.24, 2.45) is 21.7 Å². The first-order valence-electron chi connectivity index (χ1n) is 12.1. The summed E-state index contributed by atoms with van der Waals surface area (Å²) in [6.45, 7) is 22.7. The molecule has 0 aromatic heterocycles. The predicted molar refractivity (Wildman–Crippen MR) is 149 cm³/mol. The quantitative estimate of drug-likeness (QED) is 0.263. The molecule has 0 bridgehead atoms. The van der Waals surface area contributed by atoms with Gasteiger partial charge in [-0.05, 0) is 25.7 Å². The van der Waals surface area contributed by atoms with Gasteiger partial charge in [-0.15, -0.1) is 0 Å². The molecule has 0 aliphatic heterocycles. The van der Waals surface area contributed by atoms with Gasteiger partial charge in [0.05, 0.1) is 11.8 Å². The monoisotopic (exact) mass is 774 g/mol. The second kappa shape index (κ2) is 24.7. The van der Waals surface area contributed by atoms with Crippen molar-refractivity contribution in [3.63, 3.8) is 0 Å². The summed E-state index contributed by atoms with van der Waals surface area (Å²) in [5, 5.41) is 5.23. The second-order valence-corrected chi connectivity index (χ2v) is 10.8. The summed E-state index contributed by atoms with van der Waals surface area (Å²) < 4.78 is 0. The third-order valence-electron chi connectivity index (χ3n) is 6.45. The number of rotatable bonds is 8. The Morgan fingerprint density at radius 1 is 0.541 bits per heavy atom. The zero-order valence-corrected chi connectivity index (χ0v) is 32.2. The maximum Gasteiger partial charge on any atom is 0.225 e. The Kier molecular flexibility index (Phi) is 35.4. The van der Waals surface area contributed by atoms with Gasteiger partial charge in [-0.25, -0.2) is 0 Å². The van der Waals surface area contributed by atoms with E-state index in [0.717, 1.165) is 25.7 Å². The van der Waals surface area contributed by atoms with Gasteiger partial charge in [0.2, 0.25) is 11.8 Å². The number of carbonyl (C=O) groups excluding carboxylic acids is 4. The average molecular weight is 775 g/mol. The molecule has 0 unspecified atom stereocenters. The molecule has 0 aromatic rings. The van der Waals surface area contributed by atoms with Gasteiger partial charge in [-0.3, -0.25) is 9.59 Å². The molecule has 0 aliphatic rings. The smallest absolute Gasteiger partial charge is 0.225 e.